The standard InChI is InChI=1S/C8H18N2O4S/c1-4-7(5-8(11)12)6-9-15(13,14)10(2)3/h7,9H,4-6H2,1-3H3,(H,11,12). The number of carboxylic acid groups (broad SMARTS) is 1. The number of carboxylic acids is 1. The summed E-state index contributed by atoms with van der Waals surface area (Å²) >= 11 is 0. The molecule has 1 unspecified atom stereocenters. The molecule has 0 aliphatic carbocycles. The molecule has 7 heteroatoms. The monoisotopic (exact) mass is 238 g/mol. The summed E-state index contributed by atoms with van der Waals surface area (Å²) in [4.78, 5) is 10.4. The van der Waals surface area contributed by atoms with E-state index in [9.17, 15) is 13.2 Å². The number of aliphatic carboxylic acids is 1. The Balaban J connectivity index is 4.18. The molecule has 0 heterocycles. The third kappa shape index (κ3) is 5.71. The van der Waals surface area contributed by atoms with Crippen molar-refractivity contribution in [3.05, 3.63) is 0 Å². The largest absolute Gasteiger partial charge is 0.481 e. The van der Waals surface area contributed by atoms with Gasteiger partial charge in [0.2, 0.25) is 0 Å². The van der Waals surface area contributed by atoms with E-state index in [2.05, 4.69) is 4.72 Å². The van der Waals surface area contributed by atoms with E-state index in [4.69, 9.17) is 5.11 Å². The lowest BCUT2D eigenvalue weighted by atomic mass is 10.0. The van der Waals surface area contributed by atoms with Gasteiger partial charge in [0.1, 0.15) is 0 Å². The van der Waals surface area contributed by atoms with Crippen molar-refractivity contribution in [2.24, 2.45) is 5.92 Å². The molecule has 0 aliphatic heterocycles. The van der Waals surface area contributed by atoms with Gasteiger partial charge in [0.05, 0.1) is 0 Å². The molecule has 90 valence electrons. The Labute approximate surface area is 90.5 Å². The van der Waals surface area contributed by atoms with Crippen molar-refractivity contribution in [2.45, 2.75) is 19.8 Å². The quantitative estimate of drug-likeness (QED) is 0.647. The molecule has 0 saturated carbocycles. The molecule has 15 heavy (non-hydrogen) atoms. The first kappa shape index (κ1) is 14.3. The second kappa shape index (κ2) is 6.04. The van der Waals surface area contributed by atoms with E-state index in [0.29, 0.717) is 6.42 Å². The normalized spacial score (nSPS) is 14.1. The molecule has 0 rings (SSSR count). The lowest BCUT2D eigenvalue weighted by molar-refractivity contribution is -0.138. The molecule has 0 aromatic rings. The van der Waals surface area contributed by atoms with Crippen LogP contribution in [0.25, 0.3) is 0 Å². The highest BCUT2D eigenvalue weighted by molar-refractivity contribution is 7.87. The van der Waals surface area contributed by atoms with E-state index in [1.807, 2.05) is 6.92 Å². The molecule has 0 saturated heterocycles. The average Bonchev–Trinajstić information content (AvgIpc) is 2.11. The van der Waals surface area contributed by atoms with Crippen LogP contribution >= 0.6 is 0 Å². The number of hydrogen-bond donors (Lipinski definition) is 2. The first-order valence-corrected chi connectivity index (χ1v) is 6.12. The lowest BCUT2D eigenvalue weighted by Crippen LogP contribution is -2.38. The average molecular weight is 238 g/mol. The number of rotatable bonds is 7. The van der Waals surface area contributed by atoms with Gasteiger partial charge in [-0.3, -0.25) is 4.79 Å². The maximum atomic E-state index is 11.3. The third-order valence-corrected chi connectivity index (χ3v) is 3.57. The molecule has 0 aromatic carbocycles. The van der Waals surface area contributed by atoms with E-state index in [0.717, 1.165) is 4.31 Å². The van der Waals surface area contributed by atoms with Crippen molar-refractivity contribution < 1.29 is 18.3 Å². The predicted molar refractivity (Wildman–Crippen MR) is 56.6 cm³/mol. The van der Waals surface area contributed by atoms with Crippen molar-refractivity contribution >= 4 is 16.2 Å². The van der Waals surface area contributed by atoms with Crippen LogP contribution in [-0.4, -0.2) is 44.4 Å². The van der Waals surface area contributed by atoms with E-state index < -0.39 is 16.2 Å². The Hall–Kier alpha value is -0.660. The van der Waals surface area contributed by atoms with Gasteiger partial charge in [0.15, 0.2) is 0 Å². The lowest BCUT2D eigenvalue weighted by Gasteiger charge is -2.16. The van der Waals surface area contributed by atoms with Crippen LogP contribution in [-0.2, 0) is 15.0 Å². The van der Waals surface area contributed by atoms with Crippen LogP contribution in [0.5, 0.6) is 0 Å². The minimum Gasteiger partial charge on any atom is -0.481 e. The molecule has 0 amide bonds. The first-order chi connectivity index (χ1) is 6.79. The van der Waals surface area contributed by atoms with Gasteiger partial charge >= 0.3 is 5.97 Å². The Morgan fingerprint density at radius 3 is 2.33 bits per heavy atom. The molecule has 0 bridgehead atoms. The summed E-state index contributed by atoms with van der Waals surface area (Å²) in [7, 11) is -0.614. The summed E-state index contributed by atoms with van der Waals surface area (Å²) in [5.74, 6) is -1.08. The zero-order chi connectivity index (χ0) is 12.1. The molecule has 0 aliphatic rings. The van der Waals surface area contributed by atoms with Gasteiger partial charge in [0, 0.05) is 27.1 Å². The van der Waals surface area contributed by atoms with Crippen LogP contribution in [0.4, 0.5) is 0 Å². The van der Waals surface area contributed by atoms with Gasteiger partial charge in [0.25, 0.3) is 10.2 Å². The zero-order valence-corrected chi connectivity index (χ0v) is 10.0. The van der Waals surface area contributed by atoms with Crippen LogP contribution in [0.2, 0.25) is 0 Å². The van der Waals surface area contributed by atoms with Crippen LogP contribution in [0.15, 0.2) is 0 Å². The highest BCUT2D eigenvalue weighted by Crippen LogP contribution is 2.07. The van der Waals surface area contributed by atoms with Crippen molar-refractivity contribution in [1.82, 2.24) is 9.03 Å². The molecule has 0 radical (unpaired) electrons. The Morgan fingerprint density at radius 2 is 2.00 bits per heavy atom. The minimum atomic E-state index is -3.45. The van der Waals surface area contributed by atoms with E-state index in [1.54, 1.807) is 0 Å². The van der Waals surface area contributed by atoms with Crippen LogP contribution in [0.1, 0.15) is 19.8 Å². The van der Waals surface area contributed by atoms with E-state index in [-0.39, 0.29) is 18.9 Å². The Bertz CT molecular complexity index is 300. The number of carbonyl (C=O) groups is 1. The molecule has 0 fully saturated rings. The summed E-state index contributed by atoms with van der Waals surface area (Å²) in [6.45, 7) is 1.99. The Kier molecular flexibility index (Phi) is 5.77. The second-order valence-electron chi connectivity index (χ2n) is 3.51. The van der Waals surface area contributed by atoms with Crippen LogP contribution in [0, 0.1) is 5.92 Å². The summed E-state index contributed by atoms with van der Waals surface area (Å²) < 4.78 is 26.0. The van der Waals surface area contributed by atoms with Crippen LogP contribution < -0.4 is 4.72 Å². The predicted octanol–water partition coefficient (Wildman–Crippen LogP) is -0.117. The number of nitrogens with one attached hydrogen (secondary N) is 1. The third-order valence-electron chi connectivity index (χ3n) is 2.08. The van der Waals surface area contributed by atoms with E-state index in [1.165, 1.54) is 14.1 Å². The van der Waals surface area contributed by atoms with Gasteiger partial charge in [-0.15, -0.1) is 0 Å². The first-order valence-electron chi connectivity index (χ1n) is 4.68. The van der Waals surface area contributed by atoms with Crippen LogP contribution in [0.3, 0.4) is 0 Å². The highest BCUT2D eigenvalue weighted by Gasteiger charge is 2.17. The minimum absolute atomic E-state index is 0.0214. The molecule has 2 N–H and O–H groups in total. The summed E-state index contributed by atoms with van der Waals surface area (Å²) in [6.07, 6.45) is 0.606. The second-order valence-corrected chi connectivity index (χ2v) is 5.48. The van der Waals surface area contributed by atoms with Crippen molar-refractivity contribution in [2.75, 3.05) is 20.6 Å². The highest BCUT2D eigenvalue weighted by atomic mass is 32.2. The smallest absolute Gasteiger partial charge is 0.303 e. The fourth-order valence-corrected chi connectivity index (χ4v) is 1.66. The molecule has 6 nitrogen and oxygen atoms in total. The number of nitrogens with zero attached hydrogens (tertiary/aromatic N) is 1. The topological polar surface area (TPSA) is 86.7 Å². The van der Waals surface area contributed by atoms with Crippen molar-refractivity contribution in [1.29, 1.82) is 0 Å². The van der Waals surface area contributed by atoms with Crippen molar-refractivity contribution in [3.63, 3.8) is 0 Å². The number of hydrogen-bond acceptors (Lipinski definition) is 3. The molecule has 0 spiro atoms. The van der Waals surface area contributed by atoms with Gasteiger partial charge < -0.3 is 5.11 Å². The zero-order valence-electron chi connectivity index (χ0n) is 9.23. The molecule has 0 aromatic heterocycles. The Morgan fingerprint density at radius 1 is 1.47 bits per heavy atom. The van der Waals surface area contributed by atoms with Crippen molar-refractivity contribution in [3.8, 4) is 0 Å². The SMILES string of the molecule is CCC(CNS(=O)(=O)N(C)C)CC(=O)O. The summed E-state index contributed by atoms with van der Waals surface area (Å²) in [5, 5.41) is 8.57. The fraction of sp³-hybridized carbons (Fsp3) is 0.875. The molecular weight excluding hydrogens is 220 g/mol. The maximum Gasteiger partial charge on any atom is 0.303 e. The van der Waals surface area contributed by atoms with Gasteiger partial charge in [-0.2, -0.15) is 12.7 Å². The summed E-state index contributed by atoms with van der Waals surface area (Å²) in [5.41, 5.74) is 0. The summed E-state index contributed by atoms with van der Waals surface area (Å²) in [6, 6.07) is 0. The maximum absolute atomic E-state index is 11.3. The fourth-order valence-electron chi connectivity index (χ4n) is 0.960. The molecule has 1 atom stereocenters. The van der Waals surface area contributed by atoms with Gasteiger partial charge in [-0.05, 0) is 5.92 Å². The van der Waals surface area contributed by atoms with Gasteiger partial charge in [-0.1, -0.05) is 13.3 Å². The van der Waals surface area contributed by atoms with E-state index >= 15 is 0 Å². The van der Waals surface area contributed by atoms with Gasteiger partial charge in [-0.25, -0.2) is 4.72 Å². The molecular formula is C8H18N2O4S.